The largest absolute Gasteiger partial charge is 0.384 e. The van der Waals surface area contributed by atoms with Gasteiger partial charge in [0, 0.05) is 20.2 Å². The lowest BCUT2D eigenvalue weighted by Crippen LogP contribution is -2.43. The molecular weight excluding hydrogens is 216 g/mol. The number of likely N-dealkylation sites (tertiary alicyclic amines) is 1. The fourth-order valence-electron chi connectivity index (χ4n) is 2.39. The summed E-state index contributed by atoms with van der Waals surface area (Å²) in [6, 6.07) is 2.12. The summed E-state index contributed by atoms with van der Waals surface area (Å²) < 4.78 is 5.14. The number of amides is 1. The maximum absolute atomic E-state index is 12.1. The molecule has 17 heavy (non-hydrogen) atoms. The molecule has 0 aromatic heterocycles. The van der Waals surface area contributed by atoms with Gasteiger partial charge in [-0.3, -0.25) is 4.79 Å². The Morgan fingerprint density at radius 2 is 2.41 bits per heavy atom. The molecule has 0 N–H and O–H groups in total. The van der Waals surface area contributed by atoms with Crippen LogP contribution >= 0.6 is 0 Å². The Labute approximate surface area is 104 Å². The van der Waals surface area contributed by atoms with E-state index < -0.39 is 5.92 Å². The van der Waals surface area contributed by atoms with Crippen LogP contribution < -0.4 is 0 Å². The van der Waals surface area contributed by atoms with Gasteiger partial charge in [-0.15, -0.1) is 0 Å². The van der Waals surface area contributed by atoms with E-state index in [9.17, 15) is 4.79 Å². The van der Waals surface area contributed by atoms with Gasteiger partial charge in [-0.05, 0) is 25.2 Å². The molecule has 0 spiro atoms. The van der Waals surface area contributed by atoms with Gasteiger partial charge in [0.05, 0.1) is 12.7 Å². The molecule has 2 unspecified atom stereocenters. The topological polar surface area (TPSA) is 53.3 Å². The smallest absolute Gasteiger partial charge is 0.239 e. The Kier molecular flexibility index (Phi) is 5.99. The van der Waals surface area contributed by atoms with Gasteiger partial charge in [0.1, 0.15) is 5.92 Å². The number of carbonyl (C=O) groups excluding carboxylic acids is 1. The number of nitriles is 1. The Morgan fingerprint density at radius 1 is 1.65 bits per heavy atom. The highest BCUT2D eigenvalue weighted by Gasteiger charge is 2.28. The van der Waals surface area contributed by atoms with Crippen LogP contribution in [-0.4, -0.2) is 37.6 Å². The first-order chi connectivity index (χ1) is 8.22. The minimum absolute atomic E-state index is 0.00940. The summed E-state index contributed by atoms with van der Waals surface area (Å²) in [4.78, 5) is 14.0. The summed E-state index contributed by atoms with van der Waals surface area (Å²) in [6.07, 6.45) is 3.67. The van der Waals surface area contributed by atoms with Crippen molar-refractivity contribution in [3.05, 3.63) is 0 Å². The van der Waals surface area contributed by atoms with Crippen LogP contribution in [0.15, 0.2) is 0 Å². The van der Waals surface area contributed by atoms with Crippen molar-refractivity contribution in [3.8, 4) is 6.07 Å². The second kappa shape index (κ2) is 7.29. The third-order valence-electron chi connectivity index (χ3n) is 3.26. The number of hydrogen-bond acceptors (Lipinski definition) is 3. The van der Waals surface area contributed by atoms with Crippen molar-refractivity contribution >= 4 is 5.91 Å². The molecule has 0 saturated carbocycles. The number of hydrogen-bond donors (Lipinski definition) is 0. The summed E-state index contributed by atoms with van der Waals surface area (Å²) in [5.74, 6) is -0.0184. The lowest BCUT2D eigenvalue weighted by atomic mass is 9.96. The first-order valence-corrected chi connectivity index (χ1v) is 6.40. The molecule has 96 valence electrons. The van der Waals surface area contributed by atoms with Crippen LogP contribution in [0.3, 0.4) is 0 Å². The van der Waals surface area contributed by atoms with Crippen molar-refractivity contribution in [1.29, 1.82) is 5.26 Å². The zero-order valence-electron chi connectivity index (χ0n) is 10.8. The maximum atomic E-state index is 12.1. The average Bonchev–Trinajstić information content (AvgIpc) is 2.36. The molecule has 1 saturated heterocycles. The minimum Gasteiger partial charge on any atom is -0.384 e. The second-order valence-electron chi connectivity index (χ2n) is 4.72. The van der Waals surface area contributed by atoms with Crippen LogP contribution in [0, 0.1) is 23.2 Å². The molecule has 4 nitrogen and oxygen atoms in total. The minimum atomic E-state index is -0.457. The Balaban J connectivity index is 2.53. The molecule has 0 aromatic rings. The van der Waals surface area contributed by atoms with Crippen LogP contribution in [0.25, 0.3) is 0 Å². The van der Waals surface area contributed by atoms with E-state index in [1.165, 1.54) is 0 Å². The molecule has 1 aliphatic rings. The van der Waals surface area contributed by atoms with Crippen molar-refractivity contribution < 1.29 is 9.53 Å². The zero-order valence-corrected chi connectivity index (χ0v) is 10.8. The number of nitrogens with zero attached hydrogens (tertiary/aromatic N) is 2. The maximum Gasteiger partial charge on any atom is 0.239 e. The SMILES string of the molecule is CCCC(C#N)C(=O)N1CCCC(COC)C1. The van der Waals surface area contributed by atoms with E-state index in [0.717, 1.165) is 32.4 Å². The van der Waals surface area contributed by atoms with Gasteiger partial charge in [-0.25, -0.2) is 0 Å². The number of piperidine rings is 1. The van der Waals surface area contributed by atoms with Crippen LogP contribution in [0.5, 0.6) is 0 Å². The molecule has 0 radical (unpaired) electrons. The van der Waals surface area contributed by atoms with Crippen LogP contribution in [0.1, 0.15) is 32.6 Å². The van der Waals surface area contributed by atoms with Gasteiger partial charge < -0.3 is 9.64 Å². The van der Waals surface area contributed by atoms with E-state index >= 15 is 0 Å². The summed E-state index contributed by atoms with van der Waals surface area (Å²) in [5.41, 5.74) is 0. The van der Waals surface area contributed by atoms with Gasteiger partial charge in [0.2, 0.25) is 5.91 Å². The van der Waals surface area contributed by atoms with Crippen molar-refractivity contribution in [3.63, 3.8) is 0 Å². The quantitative estimate of drug-likeness (QED) is 0.734. The fourth-order valence-corrected chi connectivity index (χ4v) is 2.39. The number of rotatable bonds is 5. The van der Waals surface area contributed by atoms with Gasteiger partial charge >= 0.3 is 0 Å². The highest BCUT2D eigenvalue weighted by atomic mass is 16.5. The number of methoxy groups -OCH3 is 1. The molecule has 1 aliphatic heterocycles. The highest BCUT2D eigenvalue weighted by molar-refractivity contribution is 5.81. The van der Waals surface area contributed by atoms with E-state index in [1.807, 2.05) is 11.8 Å². The van der Waals surface area contributed by atoms with Crippen LogP contribution in [-0.2, 0) is 9.53 Å². The Hall–Kier alpha value is -1.08. The van der Waals surface area contributed by atoms with E-state index in [-0.39, 0.29) is 5.91 Å². The molecule has 0 aromatic carbocycles. The van der Waals surface area contributed by atoms with Crippen molar-refractivity contribution in [1.82, 2.24) is 4.90 Å². The lowest BCUT2D eigenvalue weighted by molar-refractivity contribution is -0.136. The van der Waals surface area contributed by atoms with Crippen molar-refractivity contribution in [2.45, 2.75) is 32.6 Å². The highest BCUT2D eigenvalue weighted by Crippen LogP contribution is 2.19. The van der Waals surface area contributed by atoms with Crippen LogP contribution in [0.2, 0.25) is 0 Å². The van der Waals surface area contributed by atoms with Gasteiger partial charge in [0.15, 0.2) is 0 Å². The van der Waals surface area contributed by atoms with E-state index in [2.05, 4.69) is 6.07 Å². The molecule has 1 rings (SSSR count). The predicted octanol–water partition coefficient (Wildman–Crippen LogP) is 1.81. The van der Waals surface area contributed by atoms with E-state index in [1.54, 1.807) is 7.11 Å². The third-order valence-corrected chi connectivity index (χ3v) is 3.26. The molecule has 1 heterocycles. The molecule has 2 atom stereocenters. The first kappa shape index (κ1) is 14.0. The van der Waals surface area contributed by atoms with Gasteiger partial charge in [0.25, 0.3) is 0 Å². The summed E-state index contributed by atoms with van der Waals surface area (Å²) in [5, 5.41) is 9.01. The summed E-state index contributed by atoms with van der Waals surface area (Å²) in [6.45, 7) is 4.24. The molecule has 0 bridgehead atoms. The molecule has 1 fully saturated rings. The molecular formula is C13H22N2O2. The average molecular weight is 238 g/mol. The van der Waals surface area contributed by atoms with Crippen LogP contribution in [0.4, 0.5) is 0 Å². The number of ether oxygens (including phenoxy) is 1. The fraction of sp³-hybridized carbons (Fsp3) is 0.846. The Morgan fingerprint density at radius 3 is 3.00 bits per heavy atom. The predicted molar refractivity (Wildman–Crippen MR) is 65.2 cm³/mol. The van der Waals surface area contributed by atoms with Gasteiger partial charge in [-0.2, -0.15) is 5.26 Å². The first-order valence-electron chi connectivity index (χ1n) is 6.40. The van der Waals surface area contributed by atoms with E-state index in [4.69, 9.17) is 10.00 Å². The molecule has 0 aliphatic carbocycles. The Bertz CT molecular complexity index is 284. The van der Waals surface area contributed by atoms with Crippen molar-refractivity contribution in [2.24, 2.45) is 11.8 Å². The third kappa shape index (κ3) is 4.01. The zero-order chi connectivity index (χ0) is 12.7. The lowest BCUT2D eigenvalue weighted by Gasteiger charge is -2.33. The van der Waals surface area contributed by atoms with Gasteiger partial charge in [-0.1, -0.05) is 13.3 Å². The molecule has 4 heteroatoms. The summed E-state index contributed by atoms with van der Waals surface area (Å²) in [7, 11) is 1.69. The van der Waals surface area contributed by atoms with Crippen molar-refractivity contribution in [2.75, 3.05) is 26.8 Å². The monoisotopic (exact) mass is 238 g/mol. The second-order valence-corrected chi connectivity index (χ2v) is 4.72. The standard InChI is InChI=1S/C13H22N2O2/c1-3-5-12(8-14)13(16)15-7-4-6-11(9-15)10-17-2/h11-12H,3-7,9-10H2,1-2H3. The van der Waals surface area contributed by atoms with E-state index in [0.29, 0.717) is 18.9 Å². The normalized spacial score (nSPS) is 21.9. The summed E-state index contributed by atoms with van der Waals surface area (Å²) >= 11 is 0. The number of carbonyl (C=O) groups is 1. The molecule has 1 amide bonds.